The summed E-state index contributed by atoms with van der Waals surface area (Å²) >= 11 is 0. The first-order valence-corrected chi connectivity index (χ1v) is 7.84. The fraction of sp³-hybridized carbons (Fsp3) is 0.909. The number of nitrogens with zero attached hydrogens (tertiary/aromatic N) is 1. The molecule has 0 radical (unpaired) electrons. The molecule has 0 saturated heterocycles. The van der Waals surface area contributed by atoms with Gasteiger partial charge in [0.25, 0.3) is 10.2 Å². The number of nitrogens with one attached hydrogen (secondary N) is 2. The van der Waals surface area contributed by atoms with Gasteiger partial charge in [-0.1, -0.05) is 19.3 Å². The van der Waals surface area contributed by atoms with Gasteiger partial charge in [-0.05, 0) is 12.8 Å². The molecule has 1 rings (SSSR count). The lowest BCUT2D eigenvalue weighted by atomic mass is 9.96. The molecule has 0 heterocycles. The van der Waals surface area contributed by atoms with Crippen molar-refractivity contribution in [2.75, 3.05) is 20.6 Å². The lowest BCUT2D eigenvalue weighted by molar-refractivity contribution is -0.120. The minimum Gasteiger partial charge on any atom is -0.359 e. The van der Waals surface area contributed by atoms with Crippen LogP contribution >= 0.6 is 0 Å². The third-order valence-electron chi connectivity index (χ3n) is 3.38. The molecule has 6 nitrogen and oxygen atoms in total. The third kappa shape index (κ3) is 4.55. The maximum atomic E-state index is 12.0. The molecule has 7 heteroatoms. The van der Waals surface area contributed by atoms with Gasteiger partial charge in [0.15, 0.2) is 0 Å². The van der Waals surface area contributed by atoms with Gasteiger partial charge >= 0.3 is 0 Å². The van der Waals surface area contributed by atoms with Crippen molar-refractivity contribution in [3.63, 3.8) is 0 Å². The van der Waals surface area contributed by atoms with Gasteiger partial charge < -0.3 is 5.32 Å². The fourth-order valence-corrected chi connectivity index (χ4v) is 3.33. The zero-order valence-electron chi connectivity index (χ0n) is 11.1. The van der Waals surface area contributed by atoms with Gasteiger partial charge in [0.05, 0.1) is 0 Å². The minimum atomic E-state index is -3.46. The summed E-state index contributed by atoms with van der Waals surface area (Å²) in [6.45, 7) is 0.138. The van der Waals surface area contributed by atoms with Crippen LogP contribution in [0.5, 0.6) is 0 Å². The van der Waals surface area contributed by atoms with Crippen LogP contribution < -0.4 is 10.0 Å². The van der Waals surface area contributed by atoms with Crippen LogP contribution in [-0.4, -0.2) is 45.3 Å². The molecule has 18 heavy (non-hydrogen) atoms. The molecule has 0 aromatic heterocycles. The summed E-state index contributed by atoms with van der Waals surface area (Å²) in [5, 5.41) is 2.46. The second-order valence-electron chi connectivity index (χ2n) is 4.63. The molecular formula is C11H23N3O3S. The number of hydrogen-bond acceptors (Lipinski definition) is 3. The Hall–Kier alpha value is -0.660. The van der Waals surface area contributed by atoms with E-state index in [0.29, 0.717) is 0 Å². The molecule has 106 valence electrons. The van der Waals surface area contributed by atoms with E-state index >= 15 is 0 Å². The standard InChI is InChI=1S/C11H23N3O3S/c1-12-11(15)8-9-13-18(16,17)14(2)10-6-4-3-5-7-10/h10,13H,3-9H2,1-2H3,(H,12,15). The summed E-state index contributed by atoms with van der Waals surface area (Å²) in [5.74, 6) is -0.169. The van der Waals surface area contributed by atoms with Gasteiger partial charge in [0.2, 0.25) is 5.91 Å². The largest absolute Gasteiger partial charge is 0.359 e. The average Bonchev–Trinajstić information content (AvgIpc) is 2.38. The first-order chi connectivity index (χ1) is 8.47. The van der Waals surface area contributed by atoms with E-state index in [1.165, 1.54) is 17.8 Å². The van der Waals surface area contributed by atoms with E-state index in [2.05, 4.69) is 10.0 Å². The summed E-state index contributed by atoms with van der Waals surface area (Å²) in [7, 11) is -0.318. The Balaban J connectivity index is 2.43. The van der Waals surface area contributed by atoms with Crippen molar-refractivity contribution in [3.8, 4) is 0 Å². The Kier molecular flexibility index (Phi) is 6.04. The van der Waals surface area contributed by atoms with Gasteiger partial charge in [-0.3, -0.25) is 4.79 Å². The highest BCUT2D eigenvalue weighted by atomic mass is 32.2. The summed E-state index contributed by atoms with van der Waals surface area (Å²) in [6.07, 6.45) is 5.37. The molecule has 1 aliphatic rings. The van der Waals surface area contributed by atoms with Crippen molar-refractivity contribution in [1.82, 2.24) is 14.3 Å². The lowest BCUT2D eigenvalue weighted by Gasteiger charge is -2.30. The van der Waals surface area contributed by atoms with Crippen LogP contribution in [0.1, 0.15) is 38.5 Å². The second kappa shape index (κ2) is 7.06. The van der Waals surface area contributed by atoms with E-state index in [-0.39, 0.29) is 24.9 Å². The van der Waals surface area contributed by atoms with Gasteiger partial charge in [0, 0.05) is 33.1 Å². The molecule has 1 amide bonds. The van der Waals surface area contributed by atoms with E-state index in [0.717, 1.165) is 25.7 Å². The number of rotatable bonds is 6. The fourth-order valence-electron chi connectivity index (χ4n) is 2.16. The van der Waals surface area contributed by atoms with Crippen LogP contribution in [0, 0.1) is 0 Å². The molecule has 0 spiro atoms. The van der Waals surface area contributed by atoms with Gasteiger partial charge in [0.1, 0.15) is 0 Å². The minimum absolute atomic E-state index is 0.0938. The Bertz CT molecular complexity index is 364. The molecule has 1 fully saturated rings. The quantitative estimate of drug-likeness (QED) is 0.729. The van der Waals surface area contributed by atoms with E-state index in [4.69, 9.17) is 0 Å². The maximum Gasteiger partial charge on any atom is 0.279 e. The maximum absolute atomic E-state index is 12.0. The molecule has 0 aromatic rings. The Morgan fingerprint density at radius 1 is 1.28 bits per heavy atom. The molecule has 1 aliphatic carbocycles. The van der Waals surface area contributed by atoms with Crippen molar-refractivity contribution < 1.29 is 13.2 Å². The Morgan fingerprint density at radius 3 is 2.44 bits per heavy atom. The monoisotopic (exact) mass is 277 g/mol. The summed E-state index contributed by atoms with van der Waals surface area (Å²) < 4.78 is 27.8. The van der Waals surface area contributed by atoms with Crippen molar-refractivity contribution in [1.29, 1.82) is 0 Å². The topological polar surface area (TPSA) is 78.5 Å². The molecule has 2 N–H and O–H groups in total. The Morgan fingerprint density at radius 2 is 1.89 bits per heavy atom. The normalized spacial score (nSPS) is 17.9. The SMILES string of the molecule is CNC(=O)CCNS(=O)(=O)N(C)C1CCCCC1. The average molecular weight is 277 g/mol. The zero-order valence-corrected chi connectivity index (χ0v) is 11.9. The third-order valence-corrected chi connectivity index (χ3v) is 5.01. The number of carbonyl (C=O) groups is 1. The molecule has 1 saturated carbocycles. The van der Waals surface area contributed by atoms with E-state index < -0.39 is 10.2 Å². The van der Waals surface area contributed by atoms with Crippen molar-refractivity contribution in [2.45, 2.75) is 44.6 Å². The molecule has 0 aromatic carbocycles. The molecule has 0 aliphatic heterocycles. The molecule has 0 atom stereocenters. The highest BCUT2D eigenvalue weighted by Gasteiger charge is 2.27. The first-order valence-electron chi connectivity index (χ1n) is 6.40. The van der Waals surface area contributed by atoms with E-state index in [1.807, 2.05) is 0 Å². The van der Waals surface area contributed by atoms with Crippen LogP contribution in [-0.2, 0) is 15.0 Å². The Labute approximate surface area is 109 Å². The van der Waals surface area contributed by atoms with Crippen molar-refractivity contribution >= 4 is 16.1 Å². The predicted octanol–water partition coefficient (Wildman–Crippen LogP) is 0.221. The van der Waals surface area contributed by atoms with E-state index in [9.17, 15) is 13.2 Å². The van der Waals surface area contributed by atoms with Crippen LogP contribution in [0.2, 0.25) is 0 Å². The molecule has 0 bridgehead atoms. The summed E-state index contributed by atoms with van der Waals surface area (Å²) in [4.78, 5) is 11.0. The van der Waals surface area contributed by atoms with Gasteiger partial charge in [-0.25, -0.2) is 4.72 Å². The van der Waals surface area contributed by atoms with Crippen LogP contribution in [0.25, 0.3) is 0 Å². The van der Waals surface area contributed by atoms with Crippen molar-refractivity contribution in [2.24, 2.45) is 0 Å². The van der Waals surface area contributed by atoms with Crippen molar-refractivity contribution in [3.05, 3.63) is 0 Å². The van der Waals surface area contributed by atoms with E-state index in [1.54, 1.807) is 7.05 Å². The molecular weight excluding hydrogens is 254 g/mol. The number of hydrogen-bond donors (Lipinski definition) is 2. The highest BCUT2D eigenvalue weighted by Crippen LogP contribution is 2.22. The second-order valence-corrected chi connectivity index (χ2v) is 6.45. The van der Waals surface area contributed by atoms with Gasteiger partial charge in [-0.15, -0.1) is 0 Å². The van der Waals surface area contributed by atoms with Crippen LogP contribution in [0.3, 0.4) is 0 Å². The van der Waals surface area contributed by atoms with Crippen LogP contribution in [0.15, 0.2) is 0 Å². The smallest absolute Gasteiger partial charge is 0.279 e. The zero-order chi connectivity index (χ0) is 13.6. The van der Waals surface area contributed by atoms with Crippen LogP contribution in [0.4, 0.5) is 0 Å². The lowest BCUT2D eigenvalue weighted by Crippen LogP contribution is -2.45. The van der Waals surface area contributed by atoms with Gasteiger partial charge in [-0.2, -0.15) is 12.7 Å². The molecule has 0 unspecified atom stereocenters. The first kappa shape index (κ1) is 15.4. The summed E-state index contributed by atoms with van der Waals surface area (Å²) in [5.41, 5.74) is 0. The number of carbonyl (C=O) groups excluding carboxylic acids is 1. The summed E-state index contributed by atoms with van der Waals surface area (Å²) in [6, 6.07) is 0.0938. The highest BCUT2D eigenvalue weighted by molar-refractivity contribution is 7.87. The predicted molar refractivity (Wildman–Crippen MR) is 70.2 cm³/mol. The number of amides is 1.